The summed E-state index contributed by atoms with van der Waals surface area (Å²) in [6.45, 7) is 2.88. The van der Waals surface area contributed by atoms with Crippen molar-refractivity contribution < 1.29 is 60.7 Å². The summed E-state index contributed by atoms with van der Waals surface area (Å²) < 4.78 is 206. The van der Waals surface area contributed by atoms with Crippen LogP contribution in [0.25, 0.3) is 23.8 Å². The lowest BCUT2D eigenvalue weighted by molar-refractivity contribution is -0.138. The zero-order valence-electron chi connectivity index (χ0n) is 44.2. The molecule has 4 aliphatic heterocycles. The van der Waals surface area contributed by atoms with E-state index in [1.54, 1.807) is 36.1 Å². The Labute approximate surface area is 487 Å². The number of hydrogen-bond acceptors (Lipinski definition) is 9. The van der Waals surface area contributed by atoms with Gasteiger partial charge in [0, 0.05) is 55.4 Å². The average molecular weight is 1250 g/mol. The molecular formula is C59H49Cl2F10N7O4S2. The Morgan fingerprint density at radius 1 is 0.643 bits per heavy atom. The molecule has 6 aromatic carbocycles. The third-order valence-electron chi connectivity index (χ3n) is 16.3. The Balaban J connectivity index is 0.901. The molecule has 0 bridgehead atoms. The zero-order valence-corrected chi connectivity index (χ0v) is 47.3. The zero-order chi connectivity index (χ0) is 60.1. The van der Waals surface area contributed by atoms with Crippen molar-refractivity contribution >= 4 is 89.8 Å². The molecule has 3 fully saturated rings. The molecule has 2 atom stereocenters. The Morgan fingerprint density at radius 3 is 1.92 bits per heavy atom. The van der Waals surface area contributed by atoms with E-state index in [9.17, 15) is 53.2 Å². The number of nitrogens with one attached hydrogen (secondary N) is 1. The fourth-order valence-corrected chi connectivity index (χ4v) is 15.8. The summed E-state index contributed by atoms with van der Waals surface area (Å²) in [6, 6.07) is 24.0. The molecule has 0 aromatic heterocycles. The highest BCUT2D eigenvalue weighted by molar-refractivity contribution is 7.93. The van der Waals surface area contributed by atoms with Gasteiger partial charge in [-0.25, -0.2) is 21.2 Å². The molecule has 11 nitrogen and oxygen atoms in total. The predicted octanol–water partition coefficient (Wildman–Crippen LogP) is 13.4. The van der Waals surface area contributed by atoms with Crippen LogP contribution in [0.15, 0.2) is 125 Å². The first-order chi connectivity index (χ1) is 39.6. The molecule has 5 aliphatic rings. The van der Waals surface area contributed by atoms with Crippen LogP contribution in [0, 0.1) is 17.1 Å². The number of anilines is 4. The van der Waals surface area contributed by atoms with E-state index in [0.717, 1.165) is 45.0 Å². The number of nitrogens with zero attached hydrogens (tertiary/aromatic N) is 6. The van der Waals surface area contributed by atoms with Crippen LogP contribution in [0.3, 0.4) is 0 Å². The number of hydrogen-bond donors (Lipinski definition) is 1. The van der Waals surface area contributed by atoms with Crippen LogP contribution < -0.4 is 23.7 Å². The van der Waals surface area contributed by atoms with Crippen LogP contribution >= 0.6 is 23.2 Å². The lowest BCUT2D eigenvalue weighted by Gasteiger charge is -2.56. The minimum atomic E-state index is -5.01. The van der Waals surface area contributed by atoms with Crippen LogP contribution in [0.2, 0.25) is 10.0 Å². The van der Waals surface area contributed by atoms with Crippen LogP contribution in [0.4, 0.5) is 66.7 Å². The topological polar surface area (TPSA) is 120 Å². The van der Waals surface area contributed by atoms with Gasteiger partial charge in [0.25, 0.3) is 20.0 Å². The maximum Gasteiger partial charge on any atom is 0.417 e. The summed E-state index contributed by atoms with van der Waals surface area (Å²) in [5.41, 5.74) is -2.92. The quantitative estimate of drug-likeness (QED) is 0.106. The molecular weight excluding hydrogens is 1200 g/mol. The fourth-order valence-electron chi connectivity index (χ4n) is 12.2. The molecule has 0 amide bonds. The third kappa shape index (κ3) is 10.9. The first-order valence-electron chi connectivity index (χ1n) is 26.4. The number of allylic oxidation sites excluding steroid dienone is 1. The van der Waals surface area contributed by atoms with E-state index in [0.29, 0.717) is 60.3 Å². The predicted molar refractivity (Wildman–Crippen MR) is 302 cm³/mol. The Hall–Kier alpha value is -6.81. The van der Waals surface area contributed by atoms with E-state index in [-0.39, 0.29) is 89.2 Å². The minimum absolute atomic E-state index is 0.00160. The van der Waals surface area contributed by atoms with E-state index in [1.165, 1.54) is 54.6 Å². The van der Waals surface area contributed by atoms with Crippen molar-refractivity contribution in [3.8, 4) is 6.07 Å². The number of nitriles is 1. The lowest BCUT2D eigenvalue weighted by atomic mass is 9.65. The normalized spacial score (nSPS) is 21.6. The number of fused-ring (bicyclic) bond motifs is 6. The number of sulfonamides is 2. The van der Waals surface area contributed by atoms with Crippen molar-refractivity contribution in [1.29, 1.82) is 5.26 Å². The molecule has 0 spiro atoms. The van der Waals surface area contributed by atoms with Crippen molar-refractivity contribution in [2.24, 2.45) is 0 Å². The highest BCUT2D eigenvalue weighted by Crippen LogP contribution is 2.52. The molecule has 2 saturated heterocycles. The summed E-state index contributed by atoms with van der Waals surface area (Å²) >= 11 is 12.6. The Kier molecular flexibility index (Phi) is 15.2. The molecule has 84 heavy (non-hydrogen) atoms. The SMILES string of the molecule is C/C(=C\c1ccc2c(c1)N(S(=O)(=O)c1cc(C3CC(C#N)(N4CCN5c6ccc(/C=C/c7c(Cl)cccc7C(F)(F)F)cc6N(S(=O)(=O)c6cccc(C(F)(F)F)c6)C[C@@H]5C4)C3)cc(C(F)(F)F)c1)C[C@@H]1CNCCN21)c1c(F)cccc1Cl. The maximum atomic E-state index is 15.1. The number of benzene rings is 6. The Bertz CT molecular complexity index is 3940. The van der Waals surface area contributed by atoms with Crippen LogP contribution in [-0.2, 0) is 38.6 Å². The van der Waals surface area contributed by atoms with Gasteiger partial charge in [-0.1, -0.05) is 71.8 Å². The number of piperazine rings is 2. The van der Waals surface area contributed by atoms with Gasteiger partial charge in [0.15, 0.2) is 0 Å². The van der Waals surface area contributed by atoms with E-state index >= 15 is 12.8 Å². The number of halogens is 12. The maximum absolute atomic E-state index is 15.1. The van der Waals surface area contributed by atoms with E-state index in [2.05, 4.69) is 11.4 Å². The van der Waals surface area contributed by atoms with Gasteiger partial charge in [-0.15, -0.1) is 0 Å². The van der Waals surface area contributed by atoms with Gasteiger partial charge in [-0.3, -0.25) is 13.5 Å². The molecule has 25 heteroatoms. The largest absolute Gasteiger partial charge is 0.417 e. The fraction of sp³-hybridized carbons (Fsp3) is 0.305. The third-order valence-corrected chi connectivity index (χ3v) is 20.5. The van der Waals surface area contributed by atoms with E-state index < -0.39 is 94.4 Å². The number of alkyl halides is 9. The summed E-state index contributed by atoms with van der Waals surface area (Å²) in [7, 11) is -9.63. The smallest absolute Gasteiger partial charge is 0.362 e. The Morgan fingerprint density at radius 2 is 1.25 bits per heavy atom. The summed E-state index contributed by atoms with van der Waals surface area (Å²) in [4.78, 5) is 4.35. The van der Waals surface area contributed by atoms with Gasteiger partial charge in [-0.2, -0.15) is 44.8 Å². The minimum Gasteiger partial charge on any atom is -0.362 e. The van der Waals surface area contributed by atoms with Crippen molar-refractivity contribution in [1.82, 2.24) is 10.2 Å². The lowest BCUT2D eigenvalue weighted by Crippen LogP contribution is -2.67. The first kappa shape index (κ1) is 58.9. The van der Waals surface area contributed by atoms with Crippen molar-refractivity contribution in [3.63, 3.8) is 0 Å². The van der Waals surface area contributed by atoms with Crippen LogP contribution in [0.1, 0.15) is 70.2 Å². The van der Waals surface area contributed by atoms with Crippen molar-refractivity contribution in [2.75, 3.05) is 70.8 Å². The van der Waals surface area contributed by atoms with Gasteiger partial charge >= 0.3 is 18.5 Å². The summed E-state index contributed by atoms with van der Waals surface area (Å²) in [5, 5.41) is 14.2. The van der Waals surface area contributed by atoms with Gasteiger partial charge in [0.05, 0.1) is 85.5 Å². The highest BCUT2D eigenvalue weighted by Gasteiger charge is 2.53. The molecule has 1 saturated carbocycles. The van der Waals surface area contributed by atoms with E-state index in [1.807, 2.05) is 9.80 Å². The monoisotopic (exact) mass is 1240 g/mol. The average Bonchev–Trinajstić information content (AvgIpc) is 1.17. The second-order valence-electron chi connectivity index (χ2n) is 21.4. The standard InChI is InChI=1S/C59H49Cl2F10N7O4S2/c1-35(55-49(61)9-4-10-50(55)62)21-37-13-16-51-54(23-37)77(32-42-30-73-17-18-75(42)51)84(81,82)45-25-38(24-41(27-45)58(66,67)68)39-28-56(29-39,34-72)74-19-20-76-43(31-74)33-78(83(79,80)44-6-2-5-40(26-44)57(63,64)65)53-22-36(12-15-52(53)76)11-14-46-47(59(69,70)71)7-3-8-48(46)60/h2-16,21-27,39,42-43,73H,17-20,28-33H2,1H3/b14-11+,35-21+/t39?,42-,43-,56?/m0/s1. The summed E-state index contributed by atoms with van der Waals surface area (Å²) in [6.07, 6.45) is -10.8. The van der Waals surface area contributed by atoms with Gasteiger partial charge < -0.3 is 15.1 Å². The number of rotatable bonds is 10. The highest BCUT2D eigenvalue weighted by atomic mass is 35.5. The molecule has 440 valence electrons. The van der Waals surface area contributed by atoms with Crippen LogP contribution in [0.5, 0.6) is 0 Å². The van der Waals surface area contributed by atoms with E-state index in [4.69, 9.17) is 23.2 Å². The van der Waals surface area contributed by atoms with Gasteiger partial charge in [0.2, 0.25) is 0 Å². The molecule has 4 heterocycles. The second kappa shape index (κ2) is 21.6. The van der Waals surface area contributed by atoms with Gasteiger partial charge in [0.1, 0.15) is 11.4 Å². The van der Waals surface area contributed by atoms with Crippen molar-refractivity contribution in [2.45, 2.75) is 71.6 Å². The molecule has 6 aromatic rings. The molecule has 0 unspecified atom stereocenters. The first-order valence-corrected chi connectivity index (χ1v) is 30.0. The molecule has 1 aliphatic carbocycles. The van der Waals surface area contributed by atoms with Crippen molar-refractivity contribution in [3.05, 3.63) is 176 Å². The molecule has 1 N–H and O–H groups in total. The molecule has 0 radical (unpaired) electrons. The van der Waals surface area contributed by atoms with Gasteiger partial charge in [-0.05, 0) is 133 Å². The second-order valence-corrected chi connectivity index (χ2v) is 26.0. The summed E-state index contributed by atoms with van der Waals surface area (Å²) in [5.74, 6) is -1.35. The van der Waals surface area contributed by atoms with Crippen LogP contribution in [-0.4, -0.2) is 91.7 Å². The molecule has 11 rings (SSSR count).